The molecule has 3 nitrogen and oxygen atoms in total. The Kier molecular flexibility index (Phi) is 5.65. The van der Waals surface area contributed by atoms with Crippen LogP contribution in [-0.4, -0.2) is 13.0 Å². The normalized spacial score (nSPS) is 10.2. The van der Waals surface area contributed by atoms with Gasteiger partial charge in [-0.2, -0.15) is 0 Å². The molecule has 0 aliphatic rings. The first-order valence-corrected chi connectivity index (χ1v) is 7.64. The largest absolute Gasteiger partial charge is 0.497 e. The average molecular weight is 369 g/mol. The van der Waals surface area contributed by atoms with Gasteiger partial charge in [-0.05, 0) is 52.2 Å². The smallest absolute Gasteiger partial charge is 0.224 e. The van der Waals surface area contributed by atoms with E-state index in [-0.39, 0.29) is 5.91 Å². The average Bonchev–Trinajstić information content (AvgIpc) is 2.50. The first-order chi connectivity index (χ1) is 10.1. The number of carbonyl (C=O) groups is 1. The highest BCUT2D eigenvalue weighted by Crippen LogP contribution is 2.30. The molecule has 0 saturated carbocycles. The van der Waals surface area contributed by atoms with Gasteiger partial charge in [0, 0.05) is 6.42 Å². The summed E-state index contributed by atoms with van der Waals surface area (Å²) in [6.45, 7) is 0. The van der Waals surface area contributed by atoms with Crippen molar-refractivity contribution in [3.8, 4) is 5.75 Å². The van der Waals surface area contributed by atoms with Gasteiger partial charge in [-0.1, -0.05) is 29.8 Å². The van der Waals surface area contributed by atoms with Crippen molar-refractivity contribution in [1.82, 2.24) is 0 Å². The number of aryl methyl sites for hydroxylation is 1. The van der Waals surface area contributed by atoms with Crippen LogP contribution in [0.15, 0.2) is 46.9 Å². The Labute approximate surface area is 137 Å². The number of hydrogen-bond acceptors (Lipinski definition) is 2. The fourth-order valence-corrected chi connectivity index (χ4v) is 2.40. The van der Waals surface area contributed by atoms with Crippen LogP contribution < -0.4 is 10.1 Å². The van der Waals surface area contributed by atoms with E-state index in [0.29, 0.717) is 28.0 Å². The topological polar surface area (TPSA) is 38.3 Å². The van der Waals surface area contributed by atoms with E-state index in [1.807, 2.05) is 24.3 Å². The molecule has 0 aliphatic heterocycles. The SMILES string of the molecule is COc1ccc(CCC(=O)Nc2cccc(Cl)c2Br)cc1. The molecule has 2 rings (SSSR count). The molecule has 0 aromatic heterocycles. The maximum absolute atomic E-state index is 12.0. The van der Waals surface area contributed by atoms with Gasteiger partial charge in [0.2, 0.25) is 5.91 Å². The highest BCUT2D eigenvalue weighted by molar-refractivity contribution is 9.10. The molecule has 2 aromatic carbocycles. The van der Waals surface area contributed by atoms with Crippen molar-refractivity contribution in [1.29, 1.82) is 0 Å². The molecule has 0 bridgehead atoms. The molecule has 0 atom stereocenters. The number of carbonyl (C=O) groups excluding carboxylic acids is 1. The molecule has 110 valence electrons. The van der Waals surface area contributed by atoms with Crippen LogP contribution in [0.1, 0.15) is 12.0 Å². The van der Waals surface area contributed by atoms with Crippen molar-refractivity contribution in [3.05, 3.63) is 57.5 Å². The van der Waals surface area contributed by atoms with Crippen LogP contribution >= 0.6 is 27.5 Å². The van der Waals surface area contributed by atoms with E-state index in [1.54, 1.807) is 25.3 Å². The lowest BCUT2D eigenvalue weighted by molar-refractivity contribution is -0.116. The number of methoxy groups -OCH3 is 1. The van der Waals surface area contributed by atoms with Gasteiger partial charge in [-0.3, -0.25) is 4.79 Å². The van der Waals surface area contributed by atoms with Gasteiger partial charge in [0.05, 0.1) is 22.3 Å². The summed E-state index contributed by atoms with van der Waals surface area (Å²) < 4.78 is 5.80. The molecule has 5 heteroatoms. The second-order valence-corrected chi connectivity index (χ2v) is 5.70. The summed E-state index contributed by atoms with van der Waals surface area (Å²) in [5.74, 6) is 0.764. The number of hydrogen-bond donors (Lipinski definition) is 1. The standard InChI is InChI=1S/C16H15BrClNO2/c1-21-12-8-5-11(6-9-12)7-10-15(20)19-14-4-2-3-13(18)16(14)17/h2-6,8-9H,7,10H2,1H3,(H,19,20). The Morgan fingerprint density at radius 3 is 2.62 bits per heavy atom. The number of anilines is 1. The number of benzene rings is 2. The second kappa shape index (κ2) is 7.48. The van der Waals surface area contributed by atoms with E-state index in [9.17, 15) is 4.79 Å². The minimum atomic E-state index is -0.0474. The van der Waals surface area contributed by atoms with Crippen LogP contribution in [-0.2, 0) is 11.2 Å². The summed E-state index contributed by atoms with van der Waals surface area (Å²) in [5, 5.41) is 3.42. The molecular weight excluding hydrogens is 354 g/mol. The van der Waals surface area contributed by atoms with Crippen LogP contribution in [0.4, 0.5) is 5.69 Å². The summed E-state index contributed by atoms with van der Waals surface area (Å²) in [7, 11) is 1.63. The maximum Gasteiger partial charge on any atom is 0.224 e. The number of rotatable bonds is 5. The van der Waals surface area contributed by atoms with Crippen LogP contribution in [0.3, 0.4) is 0 Å². The molecule has 0 fully saturated rings. The Morgan fingerprint density at radius 2 is 1.95 bits per heavy atom. The molecule has 0 radical (unpaired) electrons. The van der Waals surface area contributed by atoms with Crippen LogP contribution in [0.25, 0.3) is 0 Å². The third-order valence-corrected chi connectivity index (χ3v) is 4.42. The van der Waals surface area contributed by atoms with Gasteiger partial charge in [0.25, 0.3) is 0 Å². The van der Waals surface area contributed by atoms with Crippen molar-refractivity contribution in [2.75, 3.05) is 12.4 Å². The molecule has 2 aromatic rings. The van der Waals surface area contributed by atoms with Crippen LogP contribution in [0, 0.1) is 0 Å². The minimum Gasteiger partial charge on any atom is -0.497 e. The minimum absolute atomic E-state index is 0.0474. The van der Waals surface area contributed by atoms with E-state index < -0.39 is 0 Å². The van der Waals surface area contributed by atoms with Crippen molar-refractivity contribution < 1.29 is 9.53 Å². The predicted molar refractivity (Wildman–Crippen MR) is 89.1 cm³/mol. The number of amides is 1. The lowest BCUT2D eigenvalue weighted by Crippen LogP contribution is -2.12. The number of ether oxygens (including phenoxy) is 1. The summed E-state index contributed by atoms with van der Waals surface area (Å²) in [6, 6.07) is 13.1. The highest BCUT2D eigenvalue weighted by atomic mass is 79.9. The molecule has 0 saturated heterocycles. The van der Waals surface area contributed by atoms with Crippen molar-refractivity contribution in [3.63, 3.8) is 0 Å². The predicted octanol–water partition coefficient (Wildman–Crippen LogP) is 4.68. The van der Waals surface area contributed by atoms with Gasteiger partial charge in [-0.25, -0.2) is 0 Å². The summed E-state index contributed by atoms with van der Waals surface area (Å²) in [4.78, 5) is 12.0. The fourth-order valence-electron chi connectivity index (χ4n) is 1.86. The lowest BCUT2D eigenvalue weighted by Gasteiger charge is -2.08. The van der Waals surface area contributed by atoms with Crippen molar-refractivity contribution >= 4 is 39.1 Å². The second-order valence-electron chi connectivity index (χ2n) is 4.50. The van der Waals surface area contributed by atoms with E-state index in [0.717, 1.165) is 11.3 Å². The summed E-state index contributed by atoms with van der Waals surface area (Å²) >= 11 is 9.35. The van der Waals surface area contributed by atoms with E-state index >= 15 is 0 Å². The quantitative estimate of drug-likeness (QED) is 0.832. The molecule has 1 N–H and O–H groups in total. The van der Waals surface area contributed by atoms with Gasteiger partial charge in [0.15, 0.2) is 0 Å². The van der Waals surface area contributed by atoms with Gasteiger partial charge < -0.3 is 10.1 Å². The Hall–Kier alpha value is -1.52. The Balaban J connectivity index is 1.91. The third-order valence-electron chi connectivity index (χ3n) is 3.03. The lowest BCUT2D eigenvalue weighted by atomic mass is 10.1. The summed E-state index contributed by atoms with van der Waals surface area (Å²) in [6.07, 6.45) is 1.08. The van der Waals surface area contributed by atoms with Gasteiger partial charge >= 0.3 is 0 Å². The van der Waals surface area contributed by atoms with Gasteiger partial charge in [-0.15, -0.1) is 0 Å². The number of halogens is 2. The first-order valence-electron chi connectivity index (χ1n) is 6.47. The van der Waals surface area contributed by atoms with Gasteiger partial charge in [0.1, 0.15) is 5.75 Å². The zero-order valence-electron chi connectivity index (χ0n) is 11.5. The molecule has 0 heterocycles. The summed E-state index contributed by atoms with van der Waals surface area (Å²) in [5.41, 5.74) is 1.78. The Bertz CT molecular complexity index is 629. The van der Waals surface area contributed by atoms with E-state index in [4.69, 9.17) is 16.3 Å². The van der Waals surface area contributed by atoms with E-state index in [2.05, 4.69) is 21.2 Å². The number of nitrogens with one attached hydrogen (secondary N) is 1. The maximum atomic E-state index is 12.0. The molecule has 1 amide bonds. The monoisotopic (exact) mass is 367 g/mol. The van der Waals surface area contributed by atoms with Crippen molar-refractivity contribution in [2.45, 2.75) is 12.8 Å². The first kappa shape index (κ1) is 15.9. The zero-order valence-corrected chi connectivity index (χ0v) is 13.9. The van der Waals surface area contributed by atoms with Crippen LogP contribution in [0.2, 0.25) is 5.02 Å². The molecule has 0 spiro atoms. The fraction of sp³-hybridized carbons (Fsp3) is 0.188. The van der Waals surface area contributed by atoms with Crippen molar-refractivity contribution in [2.24, 2.45) is 0 Å². The Morgan fingerprint density at radius 1 is 1.24 bits per heavy atom. The highest BCUT2D eigenvalue weighted by Gasteiger charge is 2.08. The van der Waals surface area contributed by atoms with Crippen LogP contribution in [0.5, 0.6) is 5.75 Å². The zero-order chi connectivity index (χ0) is 15.2. The molecule has 0 unspecified atom stereocenters. The third kappa shape index (κ3) is 4.48. The molecular formula is C16H15BrClNO2. The molecule has 0 aliphatic carbocycles. The van der Waals surface area contributed by atoms with E-state index in [1.165, 1.54) is 0 Å². The molecule has 21 heavy (non-hydrogen) atoms.